The van der Waals surface area contributed by atoms with Gasteiger partial charge in [0.05, 0.1) is 41.0 Å². The predicted octanol–water partition coefficient (Wildman–Crippen LogP) is 3.45. The highest BCUT2D eigenvalue weighted by Crippen LogP contribution is 2.27. The number of pyridine rings is 1. The van der Waals surface area contributed by atoms with Gasteiger partial charge in [-0.2, -0.15) is 10.2 Å². The third kappa shape index (κ3) is 4.41. The smallest absolute Gasteiger partial charge is 0.274 e. The van der Waals surface area contributed by atoms with Crippen LogP contribution in [0.4, 0.5) is 5.69 Å². The molecule has 0 spiro atoms. The summed E-state index contributed by atoms with van der Waals surface area (Å²) >= 11 is 0. The monoisotopic (exact) mass is 469 g/mol. The van der Waals surface area contributed by atoms with Crippen molar-refractivity contribution in [3.05, 3.63) is 83.8 Å². The van der Waals surface area contributed by atoms with Gasteiger partial charge < -0.3 is 15.1 Å². The van der Waals surface area contributed by atoms with E-state index in [9.17, 15) is 9.59 Å². The van der Waals surface area contributed by atoms with E-state index < -0.39 is 5.91 Å². The maximum absolute atomic E-state index is 13.5. The van der Waals surface area contributed by atoms with Crippen molar-refractivity contribution in [2.24, 2.45) is 14.1 Å². The number of fused-ring (bicyclic) bond motifs is 1. The molecule has 0 unspecified atom stereocenters. The van der Waals surface area contributed by atoms with E-state index in [0.717, 1.165) is 11.3 Å². The number of hydrogen-bond donors (Lipinski definition) is 2. The number of rotatable bonds is 6. The minimum absolute atomic E-state index is 0.106. The first-order valence-corrected chi connectivity index (χ1v) is 10.9. The van der Waals surface area contributed by atoms with Gasteiger partial charge in [-0.3, -0.25) is 19.0 Å². The topological polar surface area (TPSA) is 120 Å². The number of nitrogens with zero attached hydrogens (tertiary/aromatic N) is 5. The third-order valence-electron chi connectivity index (χ3n) is 5.55. The second-order valence-corrected chi connectivity index (χ2v) is 8.16. The van der Waals surface area contributed by atoms with Crippen molar-refractivity contribution in [2.75, 3.05) is 5.32 Å². The first-order valence-electron chi connectivity index (χ1n) is 10.9. The van der Waals surface area contributed by atoms with Crippen LogP contribution in [0.25, 0.3) is 22.2 Å². The lowest BCUT2D eigenvalue weighted by Gasteiger charge is -2.10. The zero-order valence-electron chi connectivity index (χ0n) is 19.4. The quantitative estimate of drug-likeness (QED) is 0.393. The normalized spacial score (nSPS) is 11.1. The number of aromatic nitrogens is 5. The first-order chi connectivity index (χ1) is 16.9. The van der Waals surface area contributed by atoms with Crippen LogP contribution in [0.3, 0.4) is 0 Å². The molecule has 0 atom stereocenters. The molecule has 4 aromatic heterocycles. The zero-order chi connectivity index (χ0) is 24.5. The summed E-state index contributed by atoms with van der Waals surface area (Å²) in [6.07, 6.45) is 5.00. The average Bonchev–Trinajstić information content (AvgIpc) is 3.57. The lowest BCUT2D eigenvalue weighted by atomic mass is 10.0. The molecule has 0 aliphatic heterocycles. The number of carbonyl (C=O) groups excluding carboxylic acids is 2. The number of aryl methyl sites for hydroxylation is 3. The summed E-state index contributed by atoms with van der Waals surface area (Å²) in [4.78, 5) is 31.0. The number of amides is 2. The Morgan fingerprint density at radius 3 is 2.54 bits per heavy atom. The van der Waals surface area contributed by atoms with Crippen molar-refractivity contribution in [1.82, 2.24) is 29.9 Å². The molecular weight excluding hydrogens is 446 g/mol. The van der Waals surface area contributed by atoms with Gasteiger partial charge in [0.25, 0.3) is 11.8 Å². The molecule has 2 amide bonds. The van der Waals surface area contributed by atoms with Crippen LogP contribution < -0.4 is 10.6 Å². The fourth-order valence-electron chi connectivity index (χ4n) is 3.95. The van der Waals surface area contributed by atoms with E-state index in [2.05, 4.69) is 20.8 Å². The summed E-state index contributed by atoms with van der Waals surface area (Å²) in [6.45, 7) is 2.10. The van der Waals surface area contributed by atoms with Crippen LogP contribution >= 0.6 is 0 Å². The van der Waals surface area contributed by atoms with Crippen molar-refractivity contribution in [2.45, 2.75) is 13.5 Å². The molecular formula is C25H23N7O3. The summed E-state index contributed by atoms with van der Waals surface area (Å²) in [5.74, 6) is -0.190. The van der Waals surface area contributed by atoms with Gasteiger partial charge in [0.15, 0.2) is 5.69 Å². The molecule has 5 aromatic rings. The van der Waals surface area contributed by atoms with Crippen LogP contribution in [-0.4, -0.2) is 36.4 Å². The standard InChI is InChI=1S/C25H23N7O3/c1-15-19(13-31(2)29-15)21-11-18(17-8-4-5-9-20(17)27-21)24(33)28-22-14-32(3)30-23(22)25(34)26-12-16-7-6-10-35-16/h4-11,13-14H,12H2,1-3H3,(H,26,34)(H,28,33). The fourth-order valence-corrected chi connectivity index (χ4v) is 3.95. The molecule has 0 radical (unpaired) electrons. The molecule has 0 bridgehead atoms. The van der Waals surface area contributed by atoms with Gasteiger partial charge in [0.1, 0.15) is 5.76 Å². The Labute approximate surface area is 200 Å². The van der Waals surface area contributed by atoms with Crippen molar-refractivity contribution in [1.29, 1.82) is 0 Å². The number of furan rings is 1. The second kappa shape index (κ2) is 8.90. The van der Waals surface area contributed by atoms with E-state index in [1.165, 1.54) is 10.9 Å². The molecule has 5 rings (SSSR count). The van der Waals surface area contributed by atoms with E-state index >= 15 is 0 Å². The fraction of sp³-hybridized carbons (Fsp3) is 0.160. The van der Waals surface area contributed by atoms with Gasteiger partial charge in [-0.15, -0.1) is 0 Å². The van der Waals surface area contributed by atoms with Crippen LogP contribution in [0.15, 0.2) is 65.5 Å². The van der Waals surface area contributed by atoms with E-state index in [4.69, 9.17) is 9.40 Å². The number of hydrogen-bond acceptors (Lipinski definition) is 6. The average molecular weight is 470 g/mol. The Morgan fingerprint density at radius 2 is 1.80 bits per heavy atom. The Kier molecular flexibility index (Phi) is 5.61. The molecule has 2 N–H and O–H groups in total. The van der Waals surface area contributed by atoms with Gasteiger partial charge in [-0.1, -0.05) is 18.2 Å². The van der Waals surface area contributed by atoms with Crippen molar-refractivity contribution in [3.8, 4) is 11.3 Å². The molecule has 4 heterocycles. The molecule has 0 saturated heterocycles. The van der Waals surface area contributed by atoms with Gasteiger partial charge >= 0.3 is 0 Å². The zero-order valence-corrected chi connectivity index (χ0v) is 19.4. The Morgan fingerprint density at radius 1 is 1.00 bits per heavy atom. The Balaban J connectivity index is 1.47. The Bertz CT molecular complexity index is 1550. The maximum atomic E-state index is 13.5. The SMILES string of the molecule is Cc1nn(C)cc1-c1cc(C(=O)Nc2cn(C)nc2C(=O)NCc2ccco2)c2ccccc2n1. The van der Waals surface area contributed by atoms with Gasteiger partial charge in [0, 0.05) is 37.4 Å². The first kappa shape index (κ1) is 22.1. The van der Waals surface area contributed by atoms with Crippen LogP contribution in [-0.2, 0) is 20.6 Å². The number of para-hydroxylation sites is 1. The number of benzene rings is 1. The van der Waals surface area contributed by atoms with Crippen LogP contribution in [0.1, 0.15) is 32.3 Å². The highest BCUT2D eigenvalue weighted by Gasteiger charge is 2.21. The molecule has 0 aliphatic rings. The summed E-state index contributed by atoms with van der Waals surface area (Å²) in [5.41, 5.74) is 3.81. The lowest BCUT2D eigenvalue weighted by Crippen LogP contribution is -2.25. The highest BCUT2D eigenvalue weighted by atomic mass is 16.3. The summed E-state index contributed by atoms with van der Waals surface area (Å²) in [6, 6.07) is 12.7. The molecule has 10 heteroatoms. The maximum Gasteiger partial charge on any atom is 0.274 e. The number of carbonyl (C=O) groups is 2. The second-order valence-electron chi connectivity index (χ2n) is 8.16. The molecule has 1 aromatic carbocycles. The summed E-state index contributed by atoms with van der Waals surface area (Å²) in [5, 5.41) is 14.9. The molecule has 35 heavy (non-hydrogen) atoms. The highest BCUT2D eigenvalue weighted by molar-refractivity contribution is 6.14. The summed E-state index contributed by atoms with van der Waals surface area (Å²) in [7, 11) is 3.52. The van der Waals surface area contributed by atoms with Crippen molar-refractivity contribution in [3.63, 3.8) is 0 Å². The molecule has 10 nitrogen and oxygen atoms in total. The molecule has 176 valence electrons. The van der Waals surface area contributed by atoms with E-state index in [1.807, 2.05) is 44.4 Å². The lowest BCUT2D eigenvalue weighted by molar-refractivity contribution is 0.0943. The van der Waals surface area contributed by atoms with Crippen LogP contribution in [0, 0.1) is 6.92 Å². The van der Waals surface area contributed by atoms with Crippen molar-refractivity contribution < 1.29 is 14.0 Å². The molecule has 0 fully saturated rings. The van der Waals surface area contributed by atoms with Crippen molar-refractivity contribution >= 4 is 28.4 Å². The minimum atomic E-state index is -0.427. The van der Waals surface area contributed by atoms with Gasteiger partial charge in [-0.25, -0.2) is 4.98 Å². The Hall–Kier alpha value is -4.73. The number of nitrogens with one attached hydrogen (secondary N) is 2. The third-order valence-corrected chi connectivity index (χ3v) is 5.55. The minimum Gasteiger partial charge on any atom is -0.467 e. The van der Waals surface area contributed by atoms with E-state index in [-0.39, 0.29) is 18.1 Å². The van der Waals surface area contributed by atoms with E-state index in [1.54, 1.807) is 36.1 Å². The number of anilines is 1. The molecule has 0 aliphatic carbocycles. The van der Waals surface area contributed by atoms with Crippen LogP contribution in [0.5, 0.6) is 0 Å². The summed E-state index contributed by atoms with van der Waals surface area (Å²) < 4.78 is 8.45. The van der Waals surface area contributed by atoms with E-state index in [0.29, 0.717) is 33.6 Å². The predicted molar refractivity (Wildman–Crippen MR) is 130 cm³/mol. The van der Waals surface area contributed by atoms with Gasteiger partial charge in [-0.05, 0) is 31.2 Å². The molecule has 0 saturated carbocycles. The largest absolute Gasteiger partial charge is 0.467 e. The van der Waals surface area contributed by atoms with Crippen LogP contribution in [0.2, 0.25) is 0 Å². The van der Waals surface area contributed by atoms with Gasteiger partial charge in [0.2, 0.25) is 0 Å².